The molecule has 1 atom stereocenters. The van der Waals surface area contributed by atoms with Crippen LogP contribution in [0, 0.1) is 0 Å². The van der Waals surface area contributed by atoms with E-state index in [1.165, 1.54) is 12.1 Å². The van der Waals surface area contributed by atoms with E-state index in [0.717, 1.165) is 29.9 Å². The van der Waals surface area contributed by atoms with Crippen molar-refractivity contribution in [3.63, 3.8) is 0 Å². The van der Waals surface area contributed by atoms with Gasteiger partial charge in [0.1, 0.15) is 23.0 Å². The molecule has 3 aromatic carbocycles. The number of nitrogens with one attached hydrogen (secondary N) is 1. The second kappa shape index (κ2) is 11.7. The van der Waals surface area contributed by atoms with E-state index in [-0.39, 0.29) is 5.56 Å². The highest BCUT2D eigenvalue weighted by Gasteiger charge is 2.50. The van der Waals surface area contributed by atoms with Crippen molar-refractivity contribution in [2.45, 2.75) is 31.2 Å². The van der Waals surface area contributed by atoms with E-state index in [0.29, 0.717) is 47.9 Å². The third-order valence-electron chi connectivity index (χ3n) is 5.38. The summed E-state index contributed by atoms with van der Waals surface area (Å²) in [6.45, 7) is 2.96. The molecule has 3 aromatic rings. The molecule has 0 radical (unpaired) electrons. The molecule has 1 saturated heterocycles. The van der Waals surface area contributed by atoms with Gasteiger partial charge in [-0.2, -0.15) is 0 Å². The Morgan fingerprint density at radius 3 is 2.25 bits per heavy atom. The number of carbonyl (C=O) groups is 2. The summed E-state index contributed by atoms with van der Waals surface area (Å²) in [5.41, 5.74) is 1.16. The molecule has 1 aliphatic heterocycles. The van der Waals surface area contributed by atoms with Gasteiger partial charge >= 0.3 is 0 Å². The van der Waals surface area contributed by atoms with Gasteiger partial charge in [0.25, 0.3) is 16.1 Å². The highest BCUT2D eigenvalue weighted by Crippen LogP contribution is 2.43. The topological polar surface area (TPSA) is 73.9 Å². The number of hydrogen-bond acceptors (Lipinski definition) is 6. The van der Waals surface area contributed by atoms with Gasteiger partial charge in [0.05, 0.1) is 13.2 Å². The van der Waals surface area contributed by atoms with Crippen LogP contribution in [0.1, 0.15) is 30.9 Å². The fourth-order valence-electron chi connectivity index (χ4n) is 3.62. The summed E-state index contributed by atoms with van der Waals surface area (Å²) in [4.78, 5) is 23.1. The van der Waals surface area contributed by atoms with Gasteiger partial charge in [-0.3, -0.25) is 14.9 Å². The minimum Gasteiger partial charge on any atom is -0.493 e. The minimum atomic E-state index is -2.41. The summed E-state index contributed by atoms with van der Waals surface area (Å²) >= 11 is 6.26. The molecule has 1 fully saturated rings. The molecular weight excluding hydrogens is 505 g/mol. The summed E-state index contributed by atoms with van der Waals surface area (Å²) in [5, 5.41) is -0.490. The highest BCUT2D eigenvalue weighted by molar-refractivity contribution is 8.15. The van der Waals surface area contributed by atoms with Crippen LogP contribution in [0.4, 0.5) is 9.18 Å². The van der Waals surface area contributed by atoms with Crippen molar-refractivity contribution in [3.8, 4) is 23.0 Å². The molecule has 0 bridgehead atoms. The number of halogens is 2. The lowest BCUT2D eigenvalue weighted by Crippen LogP contribution is -2.30. The number of rotatable bonds is 11. The summed E-state index contributed by atoms with van der Waals surface area (Å²) in [6, 6.07) is 19.0. The fraction of sp³-hybridized carbons (Fsp3) is 0.259. The SMILES string of the molecule is CCCc1cc(Oc2ccc(Cl)cc2)ccc1OCCCOc1ccc(C2(F)SC(=O)NC2=O)cc1. The van der Waals surface area contributed by atoms with Crippen molar-refractivity contribution in [2.24, 2.45) is 0 Å². The summed E-state index contributed by atoms with van der Waals surface area (Å²) in [6.07, 6.45) is 2.46. The van der Waals surface area contributed by atoms with Crippen molar-refractivity contribution < 1.29 is 28.2 Å². The van der Waals surface area contributed by atoms with Gasteiger partial charge in [0, 0.05) is 17.0 Å². The van der Waals surface area contributed by atoms with Crippen molar-refractivity contribution >= 4 is 34.5 Å². The number of carbonyl (C=O) groups excluding carboxylic acids is 2. The molecule has 188 valence electrons. The Hall–Kier alpha value is -3.23. The zero-order valence-electron chi connectivity index (χ0n) is 19.6. The van der Waals surface area contributed by atoms with Gasteiger partial charge < -0.3 is 14.2 Å². The van der Waals surface area contributed by atoms with E-state index in [4.69, 9.17) is 25.8 Å². The molecule has 1 unspecified atom stereocenters. The second-order valence-corrected chi connectivity index (χ2v) is 9.66. The van der Waals surface area contributed by atoms with E-state index in [9.17, 15) is 14.0 Å². The van der Waals surface area contributed by atoms with Crippen LogP contribution in [0.3, 0.4) is 0 Å². The van der Waals surface area contributed by atoms with Crippen LogP contribution in [0.25, 0.3) is 0 Å². The third kappa shape index (κ3) is 6.30. The Labute approximate surface area is 218 Å². The number of alkyl halides is 1. The molecule has 0 spiro atoms. The molecule has 0 aliphatic carbocycles. The van der Waals surface area contributed by atoms with Gasteiger partial charge in [-0.05, 0) is 78.3 Å². The van der Waals surface area contributed by atoms with E-state index in [1.54, 1.807) is 24.3 Å². The van der Waals surface area contributed by atoms with Crippen LogP contribution in [0.2, 0.25) is 5.02 Å². The average molecular weight is 530 g/mol. The molecule has 6 nitrogen and oxygen atoms in total. The van der Waals surface area contributed by atoms with Crippen LogP contribution in [0.15, 0.2) is 66.7 Å². The lowest BCUT2D eigenvalue weighted by atomic mass is 10.1. The number of hydrogen-bond donors (Lipinski definition) is 1. The van der Waals surface area contributed by atoms with Crippen molar-refractivity contribution in [1.29, 1.82) is 0 Å². The molecular formula is C27H25ClFNO5S. The lowest BCUT2D eigenvalue weighted by Gasteiger charge is -2.15. The summed E-state index contributed by atoms with van der Waals surface area (Å²) in [7, 11) is 0. The molecule has 1 N–H and O–H groups in total. The highest BCUT2D eigenvalue weighted by atomic mass is 35.5. The molecule has 2 amide bonds. The first kappa shape index (κ1) is 25.9. The molecule has 36 heavy (non-hydrogen) atoms. The number of ether oxygens (including phenoxy) is 3. The summed E-state index contributed by atoms with van der Waals surface area (Å²) < 4.78 is 32.5. The minimum absolute atomic E-state index is 0.0958. The maximum Gasteiger partial charge on any atom is 0.289 e. The van der Waals surface area contributed by atoms with E-state index in [2.05, 4.69) is 6.92 Å². The van der Waals surface area contributed by atoms with Crippen molar-refractivity contribution in [1.82, 2.24) is 5.32 Å². The Kier molecular flexibility index (Phi) is 8.38. The second-order valence-electron chi connectivity index (χ2n) is 8.09. The first-order valence-electron chi connectivity index (χ1n) is 11.5. The lowest BCUT2D eigenvalue weighted by molar-refractivity contribution is -0.126. The maximum absolute atomic E-state index is 14.8. The van der Waals surface area contributed by atoms with E-state index < -0.39 is 16.1 Å². The Bertz CT molecular complexity index is 1220. The first-order chi connectivity index (χ1) is 17.4. The van der Waals surface area contributed by atoms with Crippen molar-refractivity contribution in [3.05, 3.63) is 82.9 Å². The van der Waals surface area contributed by atoms with Crippen LogP contribution in [-0.2, 0) is 16.2 Å². The monoisotopic (exact) mass is 529 g/mol. The quantitative estimate of drug-likeness (QED) is 0.269. The van der Waals surface area contributed by atoms with Crippen molar-refractivity contribution in [2.75, 3.05) is 13.2 Å². The van der Waals surface area contributed by atoms with E-state index >= 15 is 0 Å². The van der Waals surface area contributed by atoms with Gasteiger partial charge in [-0.25, -0.2) is 4.39 Å². The normalized spacial score (nSPS) is 17.1. The van der Waals surface area contributed by atoms with E-state index in [1.807, 2.05) is 35.6 Å². The molecule has 1 aliphatic rings. The number of benzene rings is 3. The number of amides is 2. The number of thioether (sulfide) groups is 1. The first-order valence-corrected chi connectivity index (χ1v) is 12.7. The molecule has 0 aromatic heterocycles. The zero-order chi connectivity index (χ0) is 25.5. The van der Waals surface area contributed by atoms with Crippen LogP contribution >= 0.6 is 23.4 Å². The van der Waals surface area contributed by atoms with Gasteiger partial charge in [-0.15, -0.1) is 0 Å². The van der Waals surface area contributed by atoms with Crippen LogP contribution < -0.4 is 19.5 Å². The number of imide groups is 1. The smallest absolute Gasteiger partial charge is 0.289 e. The van der Waals surface area contributed by atoms with Gasteiger partial charge in [0.2, 0.25) is 0 Å². The molecule has 4 rings (SSSR count). The Balaban J connectivity index is 1.26. The Morgan fingerprint density at radius 2 is 1.58 bits per heavy atom. The number of aryl methyl sites for hydroxylation is 1. The summed E-state index contributed by atoms with van der Waals surface area (Å²) in [5.74, 6) is 1.82. The maximum atomic E-state index is 14.8. The predicted molar refractivity (Wildman–Crippen MR) is 138 cm³/mol. The molecule has 0 saturated carbocycles. The van der Waals surface area contributed by atoms with Gasteiger partial charge in [-0.1, -0.05) is 37.1 Å². The third-order valence-corrected chi connectivity index (χ3v) is 6.62. The Morgan fingerprint density at radius 1 is 0.917 bits per heavy atom. The van der Waals surface area contributed by atoms with Crippen LogP contribution in [-0.4, -0.2) is 24.4 Å². The predicted octanol–water partition coefficient (Wildman–Crippen LogP) is 7.04. The zero-order valence-corrected chi connectivity index (χ0v) is 21.2. The standard InChI is InChI=1S/C27H25ClFNO5S/c1-2-4-18-17-23(35-22-11-7-20(28)8-12-22)13-14-24(18)34-16-3-15-33-21-9-5-19(6-10-21)27(29)25(31)30-26(32)36-27/h5-14,17H,2-4,15-16H2,1H3,(H,30,31,32). The largest absolute Gasteiger partial charge is 0.493 e. The average Bonchev–Trinajstić information content (AvgIpc) is 3.14. The molecule has 9 heteroatoms. The molecule has 1 heterocycles. The van der Waals surface area contributed by atoms with Gasteiger partial charge in [0.15, 0.2) is 0 Å². The van der Waals surface area contributed by atoms with Crippen LogP contribution in [0.5, 0.6) is 23.0 Å². The fourth-order valence-corrected chi connectivity index (χ4v) is 4.55.